The lowest BCUT2D eigenvalue weighted by Crippen LogP contribution is -2.26. The maximum Gasteiger partial charge on any atom is 0.257 e. The van der Waals surface area contributed by atoms with Gasteiger partial charge in [0.15, 0.2) is 0 Å². The Morgan fingerprint density at radius 3 is 2.77 bits per heavy atom. The predicted molar refractivity (Wildman–Crippen MR) is 90.0 cm³/mol. The smallest absolute Gasteiger partial charge is 0.257 e. The van der Waals surface area contributed by atoms with Crippen molar-refractivity contribution >= 4 is 5.91 Å². The molecule has 8 nitrogen and oxygen atoms in total. The van der Waals surface area contributed by atoms with Gasteiger partial charge in [-0.1, -0.05) is 6.07 Å². The van der Waals surface area contributed by atoms with Crippen LogP contribution in [0.2, 0.25) is 0 Å². The molecule has 0 radical (unpaired) electrons. The molecule has 0 fully saturated rings. The van der Waals surface area contributed by atoms with Crippen LogP contribution in [0.4, 0.5) is 0 Å². The van der Waals surface area contributed by atoms with Gasteiger partial charge in [-0.05, 0) is 30.3 Å². The second-order valence-electron chi connectivity index (χ2n) is 5.56. The third-order valence-corrected chi connectivity index (χ3v) is 3.64. The zero-order valence-electron chi connectivity index (χ0n) is 13.7. The summed E-state index contributed by atoms with van der Waals surface area (Å²) >= 11 is 0. The summed E-state index contributed by atoms with van der Waals surface area (Å²) in [6.45, 7) is 0.0318. The van der Waals surface area contributed by atoms with E-state index in [4.69, 9.17) is 9.68 Å². The van der Waals surface area contributed by atoms with Gasteiger partial charge in [0.1, 0.15) is 11.5 Å². The average Bonchev–Trinajstić information content (AvgIpc) is 3.09. The number of carbonyl (C=O) groups is 1. The first kappa shape index (κ1) is 17.0. The molecule has 3 rings (SSSR count). The van der Waals surface area contributed by atoms with Gasteiger partial charge in [-0.2, -0.15) is 5.26 Å². The van der Waals surface area contributed by atoms with E-state index in [1.54, 1.807) is 24.3 Å². The minimum Gasteiger partial charge on any atom is -0.508 e. The number of amides is 1. The predicted octanol–water partition coefficient (Wildman–Crippen LogP) is 2.29. The van der Waals surface area contributed by atoms with E-state index < -0.39 is 5.91 Å². The summed E-state index contributed by atoms with van der Waals surface area (Å²) in [6.07, 6.45) is 0. The molecule has 0 unspecified atom stereocenters. The summed E-state index contributed by atoms with van der Waals surface area (Å²) in [4.78, 5) is 13.7. The molecule has 0 saturated heterocycles. The number of aromatic nitrogens is 2. The molecule has 0 saturated carbocycles. The van der Waals surface area contributed by atoms with Gasteiger partial charge in [0.05, 0.1) is 23.7 Å². The second kappa shape index (κ2) is 6.94. The molecule has 0 aliphatic rings. The van der Waals surface area contributed by atoms with Crippen LogP contribution in [0.25, 0.3) is 11.5 Å². The van der Waals surface area contributed by atoms with Gasteiger partial charge in [0, 0.05) is 18.7 Å². The maximum atomic E-state index is 12.4. The first-order valence-electron chi connectivity index (χ1n) is 7.58. The van der Waals surface area contributed by atoms with E-state index in [-0.39, 0.29) is 35.4 Å². The Labute approximate surface area is 148 Å². The minimum absolute atomic E-state index is 0.0318. The topological polar surface area (TPSA) is 123 Å². The Hall–Kier alpha value is -3.86. The molecule has 1 heterocycles. The van der Waals surface area contributed by atoms with Crippen molar-refractivity contribution in [3.63, 3.8) is 0 Å². The zero-order valence-corrected chi connectivity index (χ0v) is 13.7. The average molecular weight is 350 g/mol. The van der Waals surface area contributed by atoms with E-state index >= 15 is 0 Å². The van der Waals surface area contributed by atoms with Crippen molar-refractivity contribution in [1.82, 2.24) is 15.1 Å². The number of hydrogen-bond donors (Lipinski definition) is 2. The standard InChI is InChI=1S/C18H14N4O4/c1-22(18(25)14-6-5-13(23)8-15(14)24)10-16-20-21-17(26-16)12-4-2-3-11(7-12)9-19/h2-8,23-24H,10H2,1H3. The summed E-state index contributed by atoms with van der Waals surface area (Å²) in [6, 6.07) is 12.5. The highest BCUT2D eigenvalue weighted by Gasteiger charge is 2.19. The van der Waals surface area contributed by atoms with Crippen LogP contribution < -0.4 is 0 Å². The largest absolute Gasteiger partial charge is 0.508 e. The highest BCUT2D eigenvalue weighted by atomic mass is 16.4. The van der Waals surface area contributed by atoms with Crippen LogP contribution in [0.15, 0.2) is 46.9 Å². The Morgan fingerprint density at radius 2 is 2.04 bits per heavy atom. The lowest BCUT2D eigenvalue weighted by atomic mass is 10.1. The molecule has 0 spiro atoms. The molecule has 2 aromatic carbocycles. The van der Waals surface area contributed by atoms with Crippen LogP contribution in [0.5, 0.6) is 11.5 Å². The number of nitrogens with zero attached hydrogens (tertiary/aromatic N) is 4. The number of nitriles is 1. The van der Waals surface area contributed by atoms with Gasteiger partial charge < -0.3 is 19.5 Å². The molecule has 0 aliphatic carbocycles. The lowest BCUT2D eigenvalue weighted by molar-refractivity contribution is 0.0770. The van der Waals surface area contributed by atoms with Crippen molar-refractivity contribution in [3.8, 4) is 29.0 Å². The number of benzene rings is 2. The molecule has 130 valence electrons. The van der Waals surface area contributed by atoms with Crippen LogP contribution in [0.1, 0.15) is 21.8 Å². The fourth-order valence-corrected chi connectivity index (χ4v) is 2.34. The van der Waals surface area contributed by atoms with Gasteiger partial charge in [0.2, 0.25) is 11.8 Å². The number of aromatic hydroxyl groups is 2. The molecular formula is C18H14N4O4. The summed E-state index contributed by atoms with van der Waals surface area (Å²) in [7, 11) is 1.52. The van der Waals surface area contributed by atoms with E-state index in [0.717, 1.165) is 6.07 Å². The number of phenols is 2. The SMILES string of the molecule is CN(Cc1nnc(-c2cccc(C#N)c2)o1)C(=O)c1ccc(O)cc1O. The lowest BCUT2D eigenvalue weighted by Gasteiger charge is -2.15. The maximum absolute atomic E-state index is 12.4. The van der Waals surface area contributed by atoms with E-state index in [9.17, 15) is 15.0 Å². The van der Waals surface area contributed by atoms with Gasteiger partial charge in [-0.3, -0.25) is 4.79 Å². The molecule has 26 heavy (non-hydrogen) atoms. The van der Waals surface area contributed by atoms with Crippen LogP contribution >= 0.6 is 0 Å². The molecule has 3 aromatic rings. The van der Waals surface area contributed by atoms with E-state index in [1.807, 2.05) is 6.07 Å². The summed E-state index contributed by atoms with van der Waals surface area (Å²) in [5.74, 6) is -0.472. The Morgan fingerprint density at radius 1 is 1.23 bits per heavy atom. The molecule has 1 amide bonds. The van der Waals surface area contributed by atoms with E-state index in [0.29, 0.717) is 11.1 Å². The third kappa shape index (κ3) is 3.47. The zero-order chi connectivity index (χ0) is 18.7. The Kier molecular flexibility index (Phi) is 4.53. The third-order valence-electron chi connectivity index (χ3n) is 3.64. The van der Waals surface area contributed by atoms with Crippen molar-refractivity contribution < 1.29 is 19.4 Å². The van der Waals surface area contributed by atoms with Crippen molar-refractivity contribution in [3.05, 3.63) is 59.5 Å². The van der Waals surface area contributed by atoms with Crippen LogP contribution in [0, 0.1) is 11.3 Å². The number of rotatable bonds is 4. The highest BCUT2D eigenvalue weighted by molar-refractivity contribution is 5.96. The highest BCUT2D eigenvalue weighted by Crippen LogP contribution is 2.24. The molecule has 0 bridgehead atoms. The van der Waals surface area contributed by atoms with Crippen molar-refractivity contribution in [2.24, 2.45) is 0 Å². The Balaban J connectivity index is 1.76. The molecule has 8 heteroatoms. The van der Waals surface area contributed by atoms with E-state index in [1.165, 1.54) is 24.1 Å². The summed E-state index contributed by atoms with van der Waals surface area (Å²) in [5, 5.41) is 35.9. The van der Waals surface area contributed by atoms with Crippen LogP contribution in [-0.2, 0) is 6.54 Å². The van der Waals surface area contributed by atoms with Gasteiger partial charge in [0.25, 0.3) is 5.91 Å². The van der Waals surface area contributed by atoms with E-state index in [2.05, 4.69) is 10.2 Å². The van der Waals surface area contributed by atoms with Crippen molar-refractivity contribution in [1.29, 1.82) is 5.26 Å². The first-order valence-corrected chi connectivity index (χ1v) is 7.58. The molecular weight excluding hydrogens is 336 g/mol. The molecule has 2 N–H and O–H groups in total. The molecule has 0 atom stereocenters. The normalized spacial score (nSPS) is 10.3. The quantitative estimate of drug-likeness (QED) is 0.740. The Bertz CT molecular complexity index is 1010. The van der Waals surface area contributed by atoms with Crippen LogP contribution in [-0.4, -0.2) is 38.3 Å². The van der Waals surface area contributed by atoms with Crippen LogP contribution in [0.3, 0.4) is 0 Å². The second-order valence-corrected chi connectivity index (χ2v) is 5.56. The summed E-state index contributed by atoms with van der Waals surface area (Å²) in [5.41, 5.74) is 1.12. The summed E-state index contributed by atoms with van der Waals surface area (Å²) < 4.78 is 5.55. The van der Waals surface area contributed by atoms with Gasteiger partial charge in [-0.15, -0.1) is 10.2 Å². The van der Waals surface area contributed by atoms with Gasteiger partial charge in [-0.25, -0.2) is 0 Å². The first-order chi connectivity index (χ1) is 12.5. The minimum atomic E-state index is -0.464. The van der Waals surface area contributed by atoms with Gasteiger partial charge >= 0.3 is 0 Å². The van der Waals surface area contributed by atoms with Crippen molar-refractivity contribution in [2.75, 3.05) is 7.05 Å². The number of phenolic OH excluding ortho intramolecular Hbond substituents is 2. The monoisotopic (exact) mass is 350 g/mol. The number of carbonyl (C=O) groups excluding carboxylic acids is 1. The fourth-order valence-electron chi connectivity index (χ4n) is 2.34. The fraction of sp³-hybridized carbons (Fsp3) is 0.111. The molecule has 1 aromatic heterocycles. The molecule has 0 aliphatic heterocycles. The number of hydrogen-bond acceptors (Lipinski definition) is 7. The van der Waals surface area contributed by atoms with Crippen molar-refractivity contribution in [2.45, 2.75) is 6.54 Å².